The zero-order valence-corrected chi connectivity index (χ0v) is 9.32. The van der Waals surface area contributed by atoms with E-state index in [9.17, 15) is 4.79 Å². The summed E-state index contributed by atoms with van der Waals surface area (Å²) in [6, 6.07) is 1.97. The van der Waals surface area contributed by atoms with Crippen LogP contribution in [0.3, 0.4) is 0 Å². The predicted molar refractivity (Wildman–Crippen MR) is 59.2 cm³/mol. The molecule has 0 atom stereocenters. The molecule has 1 rings (SSSR count). The lowest BCUT2D eigenvalue weighted by molar-refractivity contribution is -0.136. The molecule has 1 aromatic rings. The van der Waals surface area contributed by atoms with Gasteiger partial charge < -0.3 is 10.0 Å². The molecule has 0 aliphatic heterocycles. The first-order chi connectivity index (χ1) is 7.00. The Kier molecular flexibility index (Phi) is 3.66. The molecule has 0 spiro atoms. The molecular weight excluding hydrogens is 192 g/mol. The first-order valence-corrected chi connectivity index (χ1v) is 4.87. The molecule has 1 aromatic heterocycles. The van der Waals surface area contributed by atoms with Gasteiger partial charge in [-0.3, -0.25) is 9.78 Å². The van der Waals surface area contributed by atoms with Gasteiger partial charge in [-0.25, -0.2) is 0 Å². The zero-order chi connectivity index (χ0) is 11.4. The normalized spacial score (nSPS) is 10.1. The molecule has 0 aliphatic carbocycles. The number of carbonyl (C=O) groups is 1. The van der Waals surface area contributed by atoms with Crippen molar-refractivity contribution in [3.05, 3.63) is 23.5 Å². The SMILES string of the molecule is Cc1cc(N(C)CCC(=O)O)c(C)cn1. The second-order valence-corrected chi connectivity index (χ2v) is 3.68. The number of hydrogen-bond acceptors (Lipinski definition) is 3. The maximum absolute atomic E-state index is 10.4. The fourth-order valence-corrected chi connectivity index (χ4v) is 1.41. The monoisotopic (exact) mass is 208 g/mol. The van der Waals surface area contributed by atoms with Crippen molar-refractivity contribution >= 4 is 11.7 Å². The number of rotatable bonds is 4. The average Bonchev–Trinajstić information content (AvgIpc) is 2.18. The quantitative estimate of drug-likeness (QED) is 0.816. The Hall–Kier alpha value is -1.58. The van der Waals surface area contributed by atoms with Gasteiger partial charge in [0.05, 0.1) is 6.42 Å². The van der Waals surface area contributed by atoms with E-state index in [-0.39, 0.29) is 6.42 Å². The van der Waals surface area contributed by atoms with Gasteiger partial charge >= 0.3 is 5.97 Å². The summed E-state index contributed by atoms with van der Waals surface area (Å²) in [5, 5.41) is 8.59. The molecule has 0 saturated carbocycles. The molecule has 0 fully saturated rings. The van der Waals surface area contributed by atoms with Gasteiger partial charge in [0.2, 0.25) is 0 Å². The fourth-order valence-electron chi connectivity index (χ4n) is 1.41. The van der Waals surface area contributed by atoms with Gasteiger partial charge in [0.15, 0.2) is 0 Å². The number of carboxylic acids is 1. The van der Waals surface area contributed by atoms with Crippen molar-refractivity contribution in [2.45, 2.75) is 20.3 Å². The van der Waals surface area contributed by atoms with E-state index in [0.717, 1.165) is 16.9 Å². The van der Waals surface area contributed by atoms with Crippen LogP contribution < -0.4 is 4.90 Å². The standard InChI is InChI=1S/C11H16N2O2/c1-8-7-12-9(2)6-10(8)13(3)5-4-11(14)15/h6-7H,4-5H2,1-3H3,(H,14,15). The Morgan fingerprint density at radius 1 is 1.53 bits per heavy atom. The lowest BCUT2D eigenvalue weighted by Crippen LogP contribution is -2.22. The maximum Gasteiger partial charge on any atom is 0.305 e. The minimum Gasteiger partial charge on any atom is -0.481 e. The highest BCUT2D eigenvalue weighted by atomic mass is 16.4. The molecular formula is C11H16N2O2. The molecule has 0 radical (unpaired) electrons. The van der Waals surface area contributed by atoms with Crippen LogP contribution in [0.5, 0.6) is 0 Å². The lowest BCUT2D eigenvalue weighted by Gasteiger charge is -2.20. The van der Waals surface area contributed by atoms with Crippen LogP contribution in [0.25, 0.3) is 0 Å². The summed E-state index contributed by atoms with van der Waals surface area (Å²) in [6.45, 7) is 4.41. The van der Waals surface area contributed by atoms with Crippen molar-refractivity contribution in [1.82, 2.24) is 4.98 Å². The zero-order valence-electron chi connectivity index (χ0n) is 9.32. The number of aryl methyl sites for hydroxylation is 2. The van der Waals surface area contributed by atoms with Crippen LogP contribution in [-0.2, 0) is 4.79 Å². The van der Waals surface area contributed by atoms with Crippen molar-refractivity contribution in [3.63, 3.8) is 0 Å². The smallest absolute Gasteiger partial charge is 0.305 e. The van der Waals surface area contributed by atoms with Crippen LogP contribution in [-0.4, -0.2) is 29.7 Å². The minimum absolute atomic E-state index is 0.150. The third-order valence-electron chi connectivity index (χ3n) is 2.28. The summed E-state index contributed by atoms with van der Waals surface area (Å²) in [5.41, 5.74) is 3.05. The Balaban J connectivity index is 2.76. The van der Waals surface area contributed by atoms with Gasteiger partial charge in [0.1, 0.15) is 0 Å². The van der Waals surface area contributed by atoms with E-state index in [0.29, 0.717) is 6.54 Å². The molecule has 0 unspecified atom stereocenters. The molecule has 0 saturated heterocycles. The highest BCUT2D eigenvalue weighted by molar-refractivity contribution is 5.67. The van der Waals surface area contributed by atoms with Gasteiger partial charge in [-0.15, -0.1) is 0 Å². The van der Waals surface area contributed by atoms with E-state index < -0.39 is 5.97 Å². The van der Waals surface area contributed by atoms with E-state index in [4.69, 9.17) is 5.11 Å². The molecule has 4 nitrogen and oxygen atoms in total. The fraction of sp³-hybridized carbons (Fsp3) is 0.455. The molecule has 0 bridgehead atoms. The van der Waals surface area contributed by atoms with Crippen LogP contribution in [0.2, 0.25) is 0 Å². The van der Waals surface area contributed by atoms with Crippen LogP contribution in [0.1, 0.15) is 17.7 Å². The van der Waals surface area contributed by atoms with Crippen LogP contribution in [0.4, 0.5) is 5.69 Å². The Morgan fingerprint density at radius 2 is 2.20 bits per heavy atom. The number of hydrogen-bond donors (Lipinski definition) is 1. The molecule has 82 valence electrons. The van der Waals surface area contributed by atoms with Crippen molar-refractivity contribution in [2.24, 2.45) is 0 Å². The number of aliphatic carboxylic acids is 1. The highest BCUT2D eigenvalue weighted by Crippen LogP contribution is 2.18. The summed E-state index contributed by atoms with van der Waals surface area (Å²) in [5.74, 6) is -0.773. The van der Waals surface area contributed by atoms with Gasteiger partial charge in [0.25, 0.3) is 0 Å². The third kappa shape index (κ3) is 3.23. The number of nitrogens with zero attached hydrogens (tertiary/aromatic N) is 2. The van der Waals surface area contributed by atoms with Crippen molar-refractivity contribution < 1.29 is 9.90 Å². The average molecular weight is 208 g/mol. The first-order valence-electron chi connectivity index (χ1n) is 4.87. The first kappa shape index (κ1) is 11.5. The maximum atomic E-state index is 10.4. The van der Waals surface area contributed by atoms with Crippen molar-refractivity contribution in [3.8, 4) is 0 Å². The predicted octanol–water partition coefficient (Wildman–Crippen LogP) is 1.61. The van der Waals surface area contributed by atoms with Gasteiger partial charge in [-0.2, -0.15) is 0 Å². The van der Waals surface area contributed by atoms with Crippen molar-refractivity contribution in [2.75, 3.05) is 18.5 Å². The van der Waals surface area contributed by atoms with Crippen LogP contribution in [0, 0.1) is 13.8 Å². The molecule has 0 amide bonds. The van der Waals surface area contributed by atoms with E-state index in [1.165, 1.54) is 0 Å². The van der Waals surface area contributed by atoms with Crippen LogP contribution in [0.15, 0.2) is 12.3 Å². The lowest BCUT2D eigenvalue weighted by atomic mass is 10.2. The molecule has 1 N–H and O–H groups in total. The number of carboxylic acid groups (broad SMARTS) is 1. The molecule has 0 aliphatic rings. The largest absolute Gasteiger partial charge is 0.481 e. The molecule has 4 heteroatoms. The van der Waals surface area contributed by atoms with Gasteiger partial charge in [-0.05, 0) is 25.5 Å². The van der Waals surface area contributed by atoms with Gasteiger partial charge in [-0.1, -0.05) is 0 Å². The second kappa shape index (κ2) is 4.77. The number of aromatic nitrogens is 1. The summed E-state index contributed by atoms with van der Waals surface area (Å²) >= 11 is 0. The number of anilines is 1. The molecule has 0 aromatic carbocycles. The van der Waals surface area contributed by atoms with E-state index in [2.05, 4.69) is 4.98 Å². The Bertz CT molecular complexity index is 364. The summed E-state index contributed by atoms with van der Waals surface area (Å²) in [6.07, 6.45) is 1.96. The Labute approximate surface area is 89.6 Å². The topological polar surface area (TPSA) is 53.4 Å². The van der Waals surface area contributed by atoms with Crippen molar-refractivity contribution in [1.29, 1.82) is 0 Å². The van der Waals surface area contributed by atoms with E-state index >= 15 is 0 Å². The summed E-state index contributed by atoms with van der Waals surface area (Å²) < 4.78 is 0. The van der Waals surface area contributed by atoms with Crippen LogP contribution >= 0.6 is 0 Å². The van der Waals surface area contributed by atoms with E-state index in [1.54, 1.807) is 0 Å². The second-order valence-electron chi connectivity index (χ2n) is 3.68. The number of pyridine rings is 1. The van der Waals surface area contributed by atoms with E-state index in [1.807, 2.05) is 38.1 Å². The summed E-state index contributed by atoms with van der Waals surface area (Å²) in [4.78, 5) is 16.6. The summed E-state index contributed by atoms with van der Waals surface area (Å²) in [7, 11) is 1.89. The highest BCUT2D eigenvalue weighted by Gasteiger charge is 2.07. The minimum atomic E-state index is -0.773. The molecule has 15 heavy (non-hydrogen) atoms. The third-order valence-corrected chi connectivity index (χ3v) is 2.28. The Morgan fingerprint density at radius 3 is 2.80 bits per heavy atom. The van der Waals surface area contributed by atoms with Gasteiger partial charge in [0, 0.05) is 31.2 Å². The molecule has 1 heterocycles.